The Labute approximate surface area is 194 Å². The average Bonchev–Trinajstić information content (AvgIpc) is 2.79. The van der Waals surface area contributed by atoms with Gasteiger partial charge in [-0.15, -0.1) is 0 Å². The first-order valence-corrected chi connectivity index (χ1v) is 12.5. The molecule has 1 aliphatic heterocycles. The fourth-order valence-corrected chi connectivity index (χ4v) is 4.90. The summed E-state index contributed by atoms with van der Waals surface area (Å²) < 4.78 is 38.5. The number of rotatable bonds is 11. The van der Waals surface area contributed by atoms with Crippen LogP contribution in [0.2, 0.25) is 0 Å². The highest BCUT2D eigenvalue weighted by Gasteiger charge is 2.43. The third-order valence-corrected chi connectivity index (χ3v) is 7.44. The van der Waals surface area contributed by atoms with Gasteiger partial charge in [0.05, 0.1) is 13.0 Å². The number of aliphatic carboxylic acids is 1. The molecular formula is C23H31N3O6S. The maximum absolute atomic E-state index is 11.7. The second-order valence-corrected chi connectivity index (χ2v) is 10.1. The summed E-state index contributed by atoms with van der Waals surface area (Å²) in [4.78, 5) is 15.1. The first kappa shape index (κ1) is 24.9. The van der Waals surface area contributed by atoms with Gasteiger partial charge in [-0.2, -0.15) is 8.42 Å². The van der Waals surface area contributed by atoms with Crippen molar-refractivity contribution < 1.29 is 27.6 Å². The van der Waals surface area contributed by atoms with E-state index in [1.807, 2.05) is 24.5 Å². The Hall–Kier alpha value is -2.69. The van der Waals surface area contributed by atoms with E-state index in [2.05, 4.69) is 9.88 Å². The molecule has 3 rings (SSSR count). The maximum Gasteiger partial charge on any atom is 0.306 e. The summed E-state index contributed by atoms with van der Waals surface area (Å²) in [6.07, 6.45) is 8.17. The van der Waals surface area contributed by atoms with Gasteiger partial charge < -0.3 is 20.5 Å². The number of hydrogen-bond donors (Lipinski definition) is 3. The highest BCUT2D eigenvalue weighted by molar-refractivity contribution is 7.86. The van der Waals surface area contributed by atoms with Crippen LogP contribution in [0, 0.1) is 5.92 Å². The number of carbonyl (C=O) groups is 1. The van der Waals surface area contributed by atoms with Crippen molar-refractivity contribution in [2.45, 2.75) is 43.4 Å². The van der Waals surface area contributed by atoms with Crippen molar-refractivity contribution in [3.05, 3.63) is 54.4 Å². The number of carboxylic acids is 1. The van der Waals surface area contributed by atoms with Crippen LogP contribution >= 0.6 is 0 Å². The van der Waals surface area contributed by atoms with E-state index >= 15 is 0 Å². The zero-order valence-electron chi connectivity index (χ0n) is 18.5. The smallest absolute Gasteiger partial charge is 0.306 e. The molecule has 1 fully saturated rings. The van der Waals surface area contributed by atoms with Crippen LogP contribution in [0.25, 0.3) is 0 Å². The number of nitrogens with zero attached hydrogens (tertiary/aromatic N) is 2. The van der Waals surface area contributed by atoms with Gasteiger partial charge in [-0.05, 0) is 61.4 Å². The largest absolute Gasteiger partial charge is 0.494 e. The van der Waals surface area contributed by atoms with Gasteiger partial charge in [0.25, 0.3) is 10.1 Å². The molecule has 0 amide bonds. The normalized spacial score (nSPS) is 16.8. The second kappa shape index (κ2) is 11.0. The summed E-state index contributed by atoms with van der Waals surface area (Å²) in [7, 11) is -4.83. The Bertz CT molecular complexity index is 1010. The van der Waals surface area contributed by atoms with Gasteiger partial charge in [0.15, 0.2) is 4.87 Å². The van der Waals surface area contributed by atoms with Gasteiger partial charge in [-0.25, -0.2) is 0 Å². The number of benzene rings is 1. The van der Waals surface area contributed by atoms with Gasteiger partial charge in [-0.3, -0.25) is 14.3 Å². The molecule has 0 aliphatic carbocycles. The van der Waals surface area contributed by atoms with Gasteiger partial charge in [-0.1, -0.05) is 18.6 Å². The maximum atomic E-state index is 11.7. The molecule has 33 heavy (non-hydrogen) atoms. The predicted octanol–water partition coefficient (Wildman–Crippen LogP) is 3.02. The van der Waals surface area contributed by atoms with E-state index in [0.29, 0.717) is 12.4 Å². The Balaban J connectivity index is 1.39. The van der Waals surface area contributed by atoms with Crippen molar-refractivity contribution in [3.63, 3.8) is 0 Å². The molecular weight excluding hydrogens is 446 g/mol. The third-order valence-electron chi connectivity index (χ3n) is 6.13. The summed E-state index contributed by atoms with van der Waals surface area (Å²) in [6, 6.07) is 9.88. The zero-order valence-corrected chi connectivity index (χ0v) is 19.3. The lowest BCUT2D eigenvalue weighted by atomic mass is 9.91. The molecule has 9 nitrogen and oxygen atoms in total. The molecule has 1 saturated heterocycles. The Morgan fingerprint density at radius 2 is 1.76 bits per heavy atom. The molecule has 180 valence electrons. The van der Waals surface area contributed by atoms with Crippen LogP contribution in [-0.4, -0.2) is 48.7 Å². The summed E-state index contributed by atoms with van der Waals surface area (Å²) in [5.41, 5.74) is 6.95. The van der Waals surface area contributed by atoms with Gasteiger partial charge in [0.2, 0.25) is 0 Å². The van der Waals surface area contributed by atoms with E-state index in [-0.39, 0.29) is 5.56 Å². The third kappa shape index (κ3) is 6.66. The quantitative estimate of drug-likeness (QED) is 0.329. The van der Waals surface area contributed by atoms with Crippen molar-refractivity contribution in [2.75, 3.05) is 24.6 Å². The lowest BCUT2D eigenvalue weighted by Crippen LogP contribution is -2.46. The predicted molar refractivity (Wildman–Crippen MR) is 125 cm³/mol. The number of ether oxygens (including phenoxy) is 1. The molecule has 2 aromatic rings. The Kier molecular flexibility index (Phi) is 8.28. The van der Waals surface area contributed by atoms with E-state index in [1.165, 1.54) is 42.8 Å². The highest BCUT2D eigenvalue weighted by atomic mass is 32.2. The number of hydrogen-bond acceptors (Lipinski definition) is 7. The number of pyridine rings is 1. The van der Waals surface area contributed by atoms with Gasteiger partial charge >= 0.3 is 5.97 Å². The number of carboxylic acid groups (broad SMARTS) is 1. The molecule has 0 spiro atoms. The second-order valence-electron chi connectivity index (χ2n) is 8.44. The van der Waals surface area contributed by atoms with Crippen molar-refractivity contribution in [3.8, 4) is 5.75 Å². The fourth-order valence-electron chi connectivity index (χ4n) is 4.16. The Morgan fingerprint density at radius 1 is 1.12 bits per heavy atom. The van der Waals surface area contributed by atoms with Crippen LogP contribution in [0.4, 0.5) is 5.69 Å². The monoisotopic (exact) mass is 477 g/mol. The molecule has 4 N–H and O–H groups in total. The van der Waals surface area contributed by atoms with Crippen molar-refractivity contribution in [1.82, 2.24) is 4.98 Å². The van der Waals surface area contributed by atoms with Crippen molar-refractivity contribution in [1.29, 1.82) is 0 Å². The van der Waals surface area contributed by atoms with Crippen molar-refractivity contribution >= 4 is 21.8 Å². The molecule has 0 bridgehead atoms. The fraction of sp³-hybridized carbons (Fsp3) is 0.478. The van der Waals surface area contributed by atoms with Crippen molar-refractivity contribution in [2.24, 2.45) is 11.7 Å². The SMILES string of the molecule is NC(CC(=O)O)(c1ccc(OCCCCC2CCN(c3ccncc3)CC2)cc1)S(=O)(=O)O. The number of piperidine rings is 1. The summed E-state index contributed by atoms with van der Waals surface area (Å²) >= 11 is 0. The molecule has 10 heteroatoms. The minimum atomic E-state index is -4.83. The van der Waals surface area contributed by atoms with Gasteiger partial charge in [0, 0.05) is 31.2 Å². The topological polar surface area (TPSA) is 143 Å². The molecule has 2 heterocycles. The summed E-state index contributed by atoms with van der Waals surface area (Å²) in [5.74, 6) is -0.189. The van der Waals surface area contributed by atoms with Gasteiger partial charge in [0.1, 0.15) is 5.75 Å². The molecule has 1 aromatic heterocycles. The number of nitrogens with two attached hydrogens (primary N) is 1. The molecule has 1 aromatic carbocycles. The van der Waals surface area contributed by atoms with Crippen LogP contribution in [0.5, 0.6) is 5.75 Å². The van der Waals surface area contributed by atoms with E-state index < -0.39 is 27.4 Å². The first-order chi connectivity index (χ1) is 15.7. The van der Waals surface area contributed by atoms with E-state index in [1.54, 1.807) is 0 Å². The summed E-state index contributed by atoms with van der Waals surface area (Å²) in [5, 5.41) is 8.97. The number of anilines is 1. The molecule has 1 unspecified atom stereocenters. The van der Waals surface area contributed by atoms with Crippen LogP contribution in [0.15, 0.2) is 48.8 Å². The number of aromatic nitrogens is 1. The number of unbranched alkanes of at least 4 members (excludes halogenated alkanes) is 1. The zero-order chi connectivity index (χ0) is 23.9. The molecule has 1 atom stereocenters. The Morgan fingerprint density at radius 3 is 2.33 bits per heavy atom. The van der Waals surface area contributed by atoms with Crippen LogP contribution in [-0.2, 0) is 19.8 Å². The lowest BCUT2D eigenvalue weighted by Gasteiger charge is -2.33. The summed E-state index contributed by atoms with van der Waals surface area (Å²) in [6.45, 7) is 2.65. The average molecular weight is 478 g/mol. The first-order valence-electron chi connectivity index (χ1n) is 11.0. The lowest BCUT2D eigenvalue weighted by molar-refractivity contribution is -0.137. The minimum absolute atomic E-state index is 0.0159. The highest BCUT2D eigenvalue weighted by Crippen LogP contribution is 2.30. The molecule has 0 saturated carbocycles. The van der Waals surface area contributed by atoms with Crippen LogP contribution < -0.4 is 15.4 Å². The molecule has 1 aliphatic rings. The van der Waals surface area contributed by atoms with Crippen LogP contribution in [0.1, 0.15) is 44.1 Å². The van der Waals surface area contributed by atoms with Crippen LogP contribution in [0.3, 0.4) is 0 Å². The van der Waals surface area contributed by atoms with E-state index in [0.717, 1.165) is 38.3 Å². The van der Waals surface area contributed by atoms with E-state index in [4.69, 9.17) is 15.6 Å². The molecule has 0 radical (unpaired) electrons. The van der Waals surface area contributed by atoms with E-state index in [9.17, 15) is 17.8 Å². The standard InChI is InChI=1S/C23H31N3O6S/c24-23(17-22(27)28,33(29,30)31)19-4-6-21(7-5-19)32-16-2-1-3-18-10-14-26(15-11-18)20-8-12-25-13-9-20/h4-9,12-13,18H,1-3,10-11,14-17,24H2,(H,27,28)(H,29,30,31). The minimum Gasteiger partial charge on any atom is -0.494 e.